The highest BCUT2D eigenvalue weighted by Crippen LogP contribution is 2.34. The van der Waals surface area contributed by atoms with Crippen LogP contribution in [0.2, 0.25) is 0 Å². The molecular weight excluding hydrogens is 380 g/mol. The van der Waals surface area contributed by atoms with E-state index < -0.39 is 10.0 Å². The Morgan fingerprint density at radius 3 is 2.75 bits per heavy atom. The lowest BCUT2D eigenvalue weighted by Gasteiger charge is -2.11. The van der Waals surface area contributed by atoms with Gasteiger partial charge in [0.25, 0.3) is 0 Å². The number of sulfonamides is 1. The van der Waals surface area contributed by atoms with Gasteiger partial charge in [-0.05, 0) is 50.9 Å². The van der Waals surface area contributed by atoms with Gasteiger partial charge in [0, 0.05) is 12.6 Å². The smallest absolute Gasteiger partial charge is 0.242 e. The Kier molecular flexibility index (Phi) is 4.08. The Hall–Kier alpha value is 0.530. The zero-order chi connectivity index (χ0) is 11.8. The van der Waals surface area contributed by atoms with Gasteiger partial charge in [-0.1, -0.05) is 0 Å². The predicted molar refractivity (Wildman–Crippen MR) is 71.3 cm³/mol. The molecule has 0 aliphatic carbocycles. The number of hydrogen-bond donors (Lipinski definition) is 2. The highest BCUT2D eigenvalue weighted by molar-refractivity contribution is 9.12. The Morgan fingerprint density at radius 1 is 1.50 bits per heavy atom. The van der Waals surface area contributed by atoms with Crippen LogP contribution in [0.3, 0.4) is 0 Å². The molecule has 1 atom stereocenters. The molecule has 0 saturated carbocycles. The molecule has 8 heteroatoms. The number of halogens is 2. The third-order valence-electron chi connectivity index (χ3n) is 2.30. The van der Waals surface area contributed by atoms with Crippen molar-refractivity contribution in [2.24, 2.45) is 0 Å². The fraction of sp³-hybridized carbons (Fsp3) is 0.500. The van der Waals surface area contributed by atoms with Crippen molar-refractivity contribution in [2.75, 3.05) is 13.1 Å². The van der Waals surface area contributed by atoms with E-state index in [-0.39, 0.29) is 6.04 Å². The van der Waals surface area contributed by atoms with Crippen LogP contribution in [0.25, 0.3) is 0 Å². The number of hydrogen-bond acceptors (Lipinski definition) is 4. The Bertz CT molecular complexity index is 480. The normalized spacial score (nSPS) is 21.5. The van der Waals surface area contributed by atoms with Gasteiger partial charge in [-0.3, -0.25) is 0 Å². The molecule has 2 rings (SSSR count). The van der Waals surface area contributed by atoms with E-state index in [1.165, 1.54) is 11.3 Å². The van der Waals surface area contributed by atoms with Crippen molar-refractivity contribution in [3.05, 3.63) is 13.6 Å². The Labute approximate surface area is 115 Å². The third kappa shape index (κ3) is 2.85. The SMILES string of the molecule is O=S(=O)(N[C@@H]1CCNC1)c1cc(Br)sc1Br. The van der Waals surface area contributed by atoms with E-state index in [0.29, 0.717) is 15.2 Å². The van der Waals surface area contributed by atoms with Crippen molar-refractivity contribution in [3.8, 4) is 0 Å². The topological polar surface area (TPSA) is 58.2 Å². The third-order valence-corrected chi connectivity index (χ3v) is 6.57. The maximum absolute atomic E-state index is 12.0. The summed E-state index contributed by atoms with van der Waals surface area (Å²) in [7, 11) is -3.41. The first-order chi connectivity index (χ1) is 7.49. The van der Waals surface area contributed by atoms with Gasteiger partial charge < -0.3 is 5.32 Å². The van der Waals surface area contributed by atoms with E-state index >= 15 is 0 Å². The first-order valence-corrected chi connectivity index (χ1v) is 8.55. The van der Waals surface area contributed by atoms with Crippen LogP contribution in [0.1, 0.15) is 6.42 Å². The van der Waals surface area contributed by atoms with Crippen LogP contribution in [0, 0.1) is 0 Å². The number of nitrogens with one attached hydrogen (secondary N) is 2. The van der Waals surface area contributed by atoms with Crippen LogP contribution in [0.15, 0.2) is 18.5 Å². The molecule has 90 valence electrons. The molecule has 1 aliphatic rings. The van der Waals surface area contributed by atoms with E-state index in [9.17, 15) is 8.42 Å². The second-order valence-corrected chi connectivity index (χ2v) is 8.93. The van der Waals surface area contributed by atoms with Crippen LogP contribution >= 0.6 is 43.2 Å². The van der Waals surface area contributed by atoms with E-state index in [2.05, 4.69) is 41.9 Å². The predicted octanol–water partition coefficient (Wildman–Crippen LogP) is 1.91. The summed E-state index contributed by atoms with van der Waals surface area (Å²) < 4.78 is 28.2. The molecule has 0 amide bonds. The first kappa shape index (κ1) is 13.0. The highest BCUT2D eigenvalue weighted by atomic mass is 79.9. The lowest BCUT2D eigenvalue weighted by Crippen LogP contribution is -2.36. The zero-order valence-electron chi connectivity index (χ0n) is 8.16. The molecule has 4 nitrogen and oxygen atoms in total. The molecule has 2 heterocycles. The quantitative estimate of drug-likeness (QED) is 0.830. The summed E-state index contributed by atoms with van der Waals surface area (Å²) in [6, 6.07) is 1.61. The molecule has 0 radical (unpaired) electrons. The minimum atomic E-state index is -3.41. The summed E-state index contributed by atoms with van der Waals surface area (Å²) >= 11 is 7.88. The maximum atomic E-state index is 12.0. The van der Waals surface area contributed by atoms with Crippen molar-refractivity contribution in [2.45, 2.75) is 17.4 Å². The number of thiophene rings is 1. The first-order valence-electron chi connectivity index (χ1n) is 4.67. The average molecular weight is 390 g/mol. The molecular formula is C8H10Br2N2O2S2. The second kappa shape index (κ2) is 5.03. The fourth-order valence-electron chi connectivity index (χ4n) is 1.55. The average Bonchev–Trinajstić information content (AvgIpc) is 2.75. The van der Waals surface area contributed by atoms with Gasteiger partial charge >= 0.3 is 0 Å². The molecule has 1 saturated heterocycles. The monoisotopic (exact) mass is 388 g/mol. The van der Waals surface area contributed by atoms with E-state index in [0.717, 1.165) is 16.8 Å². The summed E-state index contributed by atoms with van der Waals surface area (Å²) in [5.41, 5.74) is 0. The highest BCUT2D eigenvalue weighted by Gasteiger charge is 2.25. The van der Waals surface area contributed by atoms with Gasteiger partial charge in [0.05, 0.1) is 7.57 Å². The van der Waals surface area contributed by atoms with Crippen molar-refractivity contribution < 1.29 is 8.42 Å². The molecule has 1 aliphatic heterocycles. The van der Waals surface area contributed by atoms with Gasteiger partial charge in [-0.2, -0.15) is 0 Å². The molecule has 1 aromatic rings. The number of rotatable bonds is 3. The lowest BCUT2D eigenvalue weighted by atomic mass is 10.3. The zero-order valence-corrected chi connectivity index (χ0v) is 13.0. The summed E-state index contributed by atoms with van der Waals surface area (Å²) in [6.45, 7) is 1.56. The van der Waals surface area contributed by atoms with Crippen molar-refractivity contribution in [1.29, 1.82) is 0 Å². The summed E-state index contributed by atoms with van der Waals surface area (Å²) in [5.74, 6) is 0. The van der Waals surface area contributed by atoms with Crippen LogP contribution in [0.5, 0.6) is 0 Å². The molecule has 2 N–H and O–H groups in total. The molecule has 0 aromatic carbocycles. The van der Waals surface area contributed by atoms with Crippen molar-refractivity contribution in [1.82, 2.24) is 10.0 Å². The van der Waals surface area contributed by atoms with E-state index in [1.54, 1.807) is 6.07 Å². The summed E-state index contributed by atoms with van der Waals surface area (Å²) in [6.07, 6.45) is 0.835. The summed E-state index contributed by atoms with van der Waals surface area (Å²) in [4.78, 5) is 0.302. The molecule has 16 heavy (non-hydrogen) atoms. The molecule has 0 bridgehead atoms. The largest absolute Gasteiger partial charge is 0.315 e. The van der Waals surface area contributed by atoms with Crippen LogP contribution in [-0.2, 0) is 10.0 Å². The second-order valence-electron chi connectivity index (χ2n) is 3.50. The minimum absolute atomic E-state index is 0.00410. The van der Waals surface area contributed by atoms with E-state index in [4.69, 9.17) is 0 Å². The van der Waals surface area contributed by atoms with E-state index in [1.807, 2.05) is 0 Å². The molecule has 0 spiro atoms. The van der Waals surface area contributed by atoms with Crippen LogP contribution in [-0.4, -0.2) is 27.5 Å². The van der Waals surface area contributed by atoms with Crippen molar-refractivity contribution in [3.63, 3.8) is 0 Å². The van der Waals surface area contributed by atoms with Gasteiger partial charge in [0.2, 0.25) is 10.0 Å². The standard InChI is InChI=1S/C8H10Br2N2O2S2/c9-7-3-6(8(10)15-7)16(13,14)12-5-1-2-11-4-5/h3,5,11-12H,1-2,4H2/t5-/m1/s1. The van der Waals surface area contributed by atoms with Gasteiger partial charge in [0.1, 0.15) is 4.90 Å². The summed E-state index contributed by atoms with van der Waals surface area (Å²) in [5, 5.41) is 3.12. The van der Waals surface area contributed by atoms with Gasteiger partial charge in [-0.25, -0.2) is 13.1 Å². The van der Waals surface area contributed by atoms with Crippen LogP contribution < -0.4 is 10.0 Å². The molecule has 0 unspecified atom stereocenters. The lowest BCUT2D eigenvalue weighted by molar-refractivity contribution is 0.560. The van der Waals surface area contributed by atoms with Crippen molar-refractivity contribution >= 4 is 53.2 Å². The Balaban J connectivity index is 2.21. The maximum Gasteiger partial charge on any atom is 0.242 e. The molecule has 1 fully saturated rings. The fourth-order valence-corrected chi connectivity index (χ4v) is 6.63. The molecule has 1 aromatic heterocycles. The van der Waals surface area contributed by atoms with Gasteiger partial charge in [-0.15, -0.1) is 11.3 Å². The minimum Gasteiger partial charge on any atom is -0.315 e. The van der Waals surface area contributed by atoms with Gasteiger partial charge in [0.15, 0.2) is 0 Å². The van der Waals surface area contributed by atoms with Crippen LogP contribution in [0.4, 0.5) is 0 Å². The Morgan fingerprint density at radius 2 is 2.25 bits per heavy atom.